The number of amides is 1. The van der Waals surface area contributed by atoms with Gasteiger partial charge in [-0.15, -0.1) is 11.3 Å². The molecule has 0 aliphatic carbocycles. The van der Waals surface area contributed by atoms with Crippen molar-refractivity contribution in [2.75, 3.05) is 7.05 Å². The molecule has 23 heavy (non-hydrogen) atoms. The smallest absolute Gasteiger partial charge is 0.273 e. The molecule has 2 aromatic rings. The highest BCUT2D eigenvalue weighted by molar-refractivity contribution is 7.09. The summed E-state index contributed by atoms with van der Waals surface area (Å²) >= 11 is 1.57. The highest BCUT2D eigenvalue weighted by Gasteiger charge is 2.24. The van der Waals surface area contributed by atoms with Crippen LogP contribution in [-0.4, -0.2) is 27.8 Å². The third-order valence-electron chi connectivity index (χ3n) is 3.92. The van der Waals surface area contributed by atoms with Crippen molar-refractivity contribution in [3.63, 3.8) is 0 Å². The lowest BCUT2D eigenvalue weighted by Crippen LogP contribution is -2.31. The Bertz CT molecular complexity index is 612. The summed E-state index contributed by atoms with van der Waals surface area (Å²) in [4.78, 5) is 23.3. The van der Waals surface area contributed by atoms with Crippen molar-refractivity contribution in [2.45, 2.75) is 52.0 Å². The van der Waals surface area contributed by atoms with E-state index in [0.29, 0.717) is 5.69 Å². The van der Waals surface area contributed by atoms with Crippen LogP contribution in [0.15, 0.2) is 29.9 Å². The molecule has 0 aliphatic heterocycles. The van der Waals surface area contributed by atoms with Crippen LogP contribution in [0.25, 0.3) is 0 Å². The van der Waals surface area contributed by atoms with Crippen LogP contribution < -0.4 is 0 Å². The summed E-state index contributed by atoms with van der Waals surface area (Å²) in [6.45, 7) is 4.29. The first-order valence-electron chi connectivity index (χ1n) is 8.28. The van der Waals surface area contributed by atoms with E-state index in [-0.39, 0.29) is 11.9 Å². The molecule has 0 fully saturated rings. The molecule has 1 atom stereocenters. The Balaban J connectivity index is 2.18. The van der Waals surface area contributed by atoms with Gasteiger partial charge in [0, 0.05) is 24.8 Å². The Morgan fingerprint density at radius 1 is 1.35 bits per heavy atom. The first-order valence-corrected chi connectivity index (χ1v) is 9.16. The molecular weight excluding hydrogens is 306 g/mol. The second-order valence-corrected chi connectivity index (χ2v) is 6.68. The molecule has 0 saturated carbocycles. The number of rotatable bonds is 8. The molecular formula is C18H25N3OS. The van der Waals surface area contributed by atoms with Crippen molar-refractivity contribution in [1.29, 1.82) is 0 Å². The Morgan fingerprint density at radius 3 is 2.83 bits per heavy atom. The van der Waals surface area contributed by atoms with Crippen LogP contribution in [0.1, 0.15) is 66.6 Å². The van der Waals surface area contributed by atoms with Crippen molar-refractivity contribution in [2.24, 2.45) is 0 Å². The monoisotopic (exact) mass is 331 g/mol. The SMILES string of the molecule is CCCC[C@H](c1cccnc1)N(C)C(=O)c1csc(CCC)n1. The van der Waals surface area contributed by atoms with Crippen LogP contribution in [0.5, 0.6) is 0 Å². The summed E-state index contributed by atoms with van der Waals surface area (Å²) < 4.78 is 0. The predicted octanol–water partition coefficient (Wildman–Crippen LogP) is 4.49. The number of unbranched alkanes of at least 4 members (excludes halogenated alkanes) is 1. The van der Waals surface area contributed by atoms with Gasteiger partial charge in [0.25, 0.3) is 5.91 Å². The van der Waals surface area contributed by atoms with E-state index in [1.807, 2.05) is 35.7 Å². The molecule has 0 aromatic carbocycles. The van der Waals surface area contributed by atoms with Crippen molar-refractivity contribution in [3.05, 3.63) is 46.2 Å². The van der Waals surface area contributed by atoms with Crippen LogP contribution in [0.4, 0.5) is 0 Å². The third-order valence-corrected chi connectivity index (χ3v) is 4.83. The van der Waals surface area contributed by atoms with Crippen molar-refractivity contribution < 1.29 is 4.79 Å². The van der Waals surface area contributed by atoms with Crippen LogP contribution in [0.2, 0.25) is 0 Å². The molecule has 2 heterocycles. The van der Waals surface area contributed by atoms with Gasteiger partial charge in [-0.25, -0.2) is 4.98 Å². The molecule has 0 saturated heterocycles. The number of nitrogens with zero attached hydrogens (tertiary/aromatic N) is 3. The Morgan fingerprint density at radius 2 is 2.17 bits per heavy atom. The lowest BCUT2D eigenvalue weighted by atomic mass is 10.0. The molecule has 0 spiro atoms. The van der Waals surface area contributed by atoms with Gasteiger partial charge >= 0.3 is 0 Å². The summed E-state index contributed by atoms with van der Waals surface area (Å²) in [7, 11) is 1.87. The Labute approximate surface area is 142 Å². The van der Waals surface area contributed by atoms with Gasteiger partial charge in [0.05, 0.1) is 11.0 Å². The molecule has 2 rings (SSSR count). The van der Waals surface area contributed by atoms with Crippen LogP contribution in [-0.2, 0) is 6.42 Å². The van der Waals surface area contributed by atoms with E-state index in [1.54, 1.807) is 17.5 Å². The average molecular weight is 331 g/mol. The highest BCUT2D eigenvalue weighted by atomic mass is 32.1. The molecule has 0 unspecified atom stereocenters. The van der Waals surface area contributed by atoms with E-state index >= 15 is 0 Å². The zero-order chi connectivity index (χ0) is 16.7. The normalized spacial score (nSPS) is 12.1. The maximum atomic E-state index is 12.8. The number of aryl methyl sites for hydroxylation is 1. The quantitative estimate of drug-likeness (QED) is 0.716. The van der Waals surface area contributed by atoms with Gasteiger partial charge in [-0.2, -0.15) is 0 Å². The summed E-state index contributed by atoms with van der Waals surface area (Å²) in [5.74, 6) is -0.00596. The van der Waals surface area contributed by atoms with Gasteiger partial charge in [0.2, 0.25) is 0 Å². The van der Waals surface area contributed by atoms with E-state index in [4.69, 9.17) is 0 Å². The fraction of sp³-hybridized carbons (Fsp3) is 0.500. The van der Waals surface area contributed by atoms with Gasteiger partial charge in [0.1, 0.15) is 5.69 Å². The number of carbonyl (C=O) groups excluding carboxylic acids is 1. The maximum Gasteiger partial charge on any atom is 0.273 e. The van der Waals surface area contributed by atoms with Crippen molar-refractivity contribution >= 4 is 17.2 Å². The summed E-state index contributed by atoms with van der Waals surface area (Å²) in [5, 5.41) is 2.92. The molecule has 0 N–H and O–H groups in total. The van der Waals surface area contributed by atoms with Gasteiger partial charge in [-0.3, -0.25) is 9.78 Å². The first kappa shape index (κ1) is 17.6. The topological polar surface area (TPSA) is 46.1 Å². The molecule has 1 amide bonds. The standard InChI is InChI=1S/C18H25N3OS/c1-4-6-10-16(14-9-7-11-19-12-14)21(3)18(22)15-13-23-17(20-15)8-5-2/h7,9,11-13,16H,4-6,8,10H2,1-3H3/t16-/m1/s1. The molecule has 124 valence electrons. The fourth-order valence-electron chi connectivity index (χ4n) is 2.61. The zero-order valence-corrected chi connectivity index (χ0v) is 15.0. The molecule has 2 aromatic heterocycles. The van der Waals surface area contributed by atoms with Crippen LogP contribution in [0, 0.1) is 0 Å². The van der Waals surface area contributed by atoms with Crippen LogP contribution in [0.3, 0.4) is 0 Å². The fourth-order valence-corrected chi connectivity index (χ4v) is 3.49. The molecule has 0 bridgehead atoms. The summed E-state index contributed by atoms with van der Waals surface area (Å²) in [6.07, 6.45) is 8.73. The number of carbonyl (C=O) groups is 1. The van der Waals surface area contributed by atoms with E-state index < -0.39 is 0 Å². The maximum absolute atomic E-state index is 12.8. The minimum absolute atomic E-state index is 0.00596. The van der Waals surface area contributed by atoms with Gasteiger partial charge in [0.15, 0.2) is 0 Å². The lowest BCUT2D eigenvalue weighted by molar-refractivity contribution is 0.0714. The van der Waals surface area contributed by atoms with E-state index in [2.05, 4.69) is 23.8 Å². The van der Waals surface area contributed by atoms with Gasteiger partial charge < -0.3 is 4.90 Å². The van der Waals surface area contributed by atoms with E-state index in [1.165, 1.54) is 0 Å². The van der Waals surface area contributed by atoms with Crippen molar-refractivity contribution in [3.8, 4) is 0 Å². The molecule has 0 aliphatic rings. The number of aromatic nitrogens is 2. The number of thiazole rings is 1. The summed E-state index contributed by atoms with van der Waals surface area (Å²) in [5.41, 5.74) is 1.65. The third kappa shape index (κ3) is 4.61. The van der Waals surface area contributed by atoms with E-state index in [9.17, 15) is 4.79 Å². The average Bonchev–Trinajstić information content (AvgIpc) is 3.04. The minimum atomic E-state index is -0.00596. The first-order chi connectivity index (χ1) is 11.2. The molecule has 4 nitrogen and oxygen atoms in total. The van der Waals surface area contributed by atoms with Crippen molar-refractivity contribution in [1.82, 2.24) is 14.9 Å². The Hall–Kier alpha value is -1.75. The lowest BCUT2D eigenvalue weighted by Gasteiger charge is -2.28. The van der Waals surface area contributed by atoms with Gasteiger partial charge in [-0.05, 0) is 30.9 Å². The second-order valence-electron chi connectivity index (χ2n) is 5.74. The molecule has 5 heteroatoms. The summed E-state index contributed by atoms with van der Waals surface area (Å²) in [6, 6.07) is 4.02. The van der Waals surface area contributed by atoms with E-state index in [0.717, 1.165) is 42.7 Å². The molecule has 0 radical (unpaired) electrons. The zero-order valence-electron chi connectivity index (χ0n) is 14.2. The highest BCUT2D eigenvalue weighted by Crippen LogP contribution is 2.26. The number of hydrogen-bond donors (Lipinski definition) is 0. The Kier molecular flexibility index (Phi) is 6.71. The van der Waals surface area contributed by atoms with Gasteiger partial charge in [-0.1, -0.05) is 32.8 Å². The largest absolute Gasteiger partial charge is 0.333 e. The second kappa shape index (κ2) is 8.77. The minimum Gasteiger partial charge on any atom is -0.333 e. The number of hydrogen-bond acceptors (Lipinski definition) is 4. The predicted molar refractivity (Wildman–Crippen MR) is 94.7 cm³/mol. The van der Waals surface area contributed by atoms with Crippen LogP contribution >= 0.6 is 11.3 Å². The number of pyridine rings is 1.